The van der Waals surface area contributed by atoms with Crippen LogP contribution in [0.1, 0.15) is 11.1 Å². The highest BCUT2D eigenvalue weighted by atomic mass is 19.1. The van der Waals surface area contributed by atoms with Gasteiger partial charge in [-0.25, -0.2) is 8.78 Å². The Balaban J connectivity index is 2.67. The highest BCUT2D eigenvalue weighted by Crippen LogP contribution is 2.33. The number of halogens is 2. The van der Waals surface area contributed by atoms with Crippen molar-refractivity contribution in [3.05, 3.63) is 83.9 Å². The van der Waals surface area contributed by atoms with E-state index in [0.717, 1.165) is 6.08 Å². The van der Waals surface area contributed by atoms with Gasteiger partial charge in [-0.05, 0) is 12.1 Å². The fourth-order valence-electron chi connectivity index (χ4n) is 1.91. The summed E-state index contributed by atoms with van der Waals surface area (Å²) in [6.07, 6.45) is 1.13. The maximum Gasteiger partial charge on any atom is 0.139 e. The number of rotatable bonds is 3. The zero-order valence-corrected chi connectivity index (χ0v) is 9.61. The van der Waals surface area contributed by atoms with Crippen molar-refractivity contribution >= 4 is 0 Å². The van der Waals surface area contributed by atoms with E-state index in [-0.39, 0.29) is 11.1 Å². The van der Waals surface area contributed by atoms with Crippen LogP contribution in [-0.2, 0) is 5.60 Å². The third-order valence-electron chi connectivity index (χ3n) is 2.86. The molecule has 3 heteroatoms. The lowest BCUT2D eigenvalue weighted by molar-refractivity contribution is 0.126. The van der Waals surface area contributed by atoms with Gasteiger partial charge in [0, 0.05) is 11.1 Å². The summed E-state index contributed by atoms with van der Waals surface area (Å²) in [6.45, 7) is 3.48. The molecule has 0 spiro atoms. The first-order valence-electron chi connectivity index (χ1n) is 5.45. The summed E-state index contributed by atoms with van der Waals surface area (Å²) < 4.78 is 27.5. The van der Waals surface area contributed by atoms with Gasteiger partial charge in [0.25, 0.3) is 0 Å². The van der Waals surface area contributed by atoms with Crippen molar-refractivity contribution in [1.82, 2.24) is 0 Å². The van der Waals surface area contributed by atoms with Crippen molar-refractivity contribution in [3.63, 3.8) is 0 Å². The van der Waals surface area contributed by atoms with Crippen LogP contribution in [0.3, 0.4) is 0 Å². The monoisotopic (exact) mass is 246 g/mol. The van der Waals surface area contributed by atoms with Crippen LogP contribution in [0.4, 0.5) is 8.78 Å². The Morgan fingerprint density at radius 3 is 1.61 bits per heavy atom. The average molecular weight is 246 g/mol. The predicted octanol–water partition coefficient (Wildman–Crippen LogP) is 3.39. The van der Waals surface area contributed by atoms with Crippen molar-refractivity contribution in [2.75, 3.05) is 0 Å². The molecule has 0 unspecified atom stereocenters. The summed E-state index contributed by atoms with van der Waals surface area (Å²) in [5, 5.41) is 10.5. The minimum atomic E-state index is -1.88. The summed E-state index contributed by atoms with van der Waals surface area (Å²) >= 11 is 0. The summed E-state index contributed by atoms with van der Waals surface area (Å²) in [4.78, 5) is 0. The van der Waals surface area contributed by atoms with Crippen LogP contribution >= 0.6 is 0 Å². The van der Waals surface area contributed by atoms with E-state index in [9.17, 15) is 13.9 Å². The van der Waals surface area contributed by atoms with Crippen molar-refractivity contribution in [2.24, 2.45) is 0 Å². The van der Waals surface area contributed by atoms with Crippen molar-refractivity contribution in [2.45, 2.75) is 5.60 Å². The Hall–Kier alpha value is -2.00. The average Bonchev–Trinajstić information content (AvgIpc) is 2.39. The molecule has 0 saturated heterocycles. The molecule has 92 valence electrons. The van der Waals surface area contributed by atoms with Crippen LogP contribution < -0.4 is 0 Å². The van der Waals surface area contributed by atoms with E-state index >= 15 is 0 Å². The molecule has 0 saturated carbocycles. The van der Waals surface area contributed by atoms with E-state index in [1.54, 1.807) is 12.1 Å². The van der Waals surface area contributed by atoms with Gasteiger partial charge in [0.05, 0.1) is 0 Å². The Kier molecular flexibility index (Phi) is 3.26. The van der Waals surface area contributed by atoms with Crippen LogP contribution in [0.15, 0.2) is 61.2 Å². The third-order valence-corrected chi connectivity index (χ3v) is 2.86. The number of hydrogen-bond acceptors (Lipinski definition) is 1. The second-order valence-corrected chi connectivity index (χ2v) is 3.93. The van der Waals surface area contributed by atoms with Gasteiger partial charge in [-0.1, -0.05) is 49.1 Å². The Labute approximate surface area is 104 Å². The van der Waals surface area contributed by atoms with Crippen LogP contribution in [0.25, 0.3) is 0 Å². The van der Waals surface area contributed by atoms with Gasteiger partial charge in [0.1, 0.15) is 17.2 Å². The lowest BCUT2D eigenvalue weighted by Crippen LogP contribution is -2.27. The molecule has 2 aromatic carbocycles. The Bertz CT molecular complexity index is 533. The van der Waals surface area contributed by atoms with Crippen LogP contribution in [0.5, 0.6) is 0 Å². The molecule has 18 heavy (non-hydrogen) atoms. The fourth-order valence-corrected chi connectivity index (χ4v) is 1.91. The topological polar surface area (TPSA) is 20.2 Å². The molecule has 0 bridgehead atoms. The highest BCUT2D eigenvalue weighted by molar-refractivity contribution is 5.41. The second kappa shape index (κ2) is 4.70. The van der Waals surface area contributed by atoms with Gasteiger partial charge >= 0.3 is 0 Å². The normalized spacial score (nSPS) is 11.3. The second-order valence-electron chi connectivity index (χ2n) is 3.93. The minimum absolute atomic E-state index is 0.0231. The van der Waals surface area contributed by atoms with Gasteiger partial charge < -0.3 is 5.11 Å². The molecule has 2 rings (SSSR count). The van der Waals surface area contributed by atoms with E-state index in [2.05, 4.69) is 6.58 Å². The van der Waals surface area contributed by atoms with Crippen LogP contribution in [0.2, 0.25) is 0 Å². The molecular formula is C15H12F2O. The van der Waals surface area contributed by atoms with Crippen molar-refractivity contribution < 1.29 is 13.9 Å². The number of benzene rings is 2. The van der Waals surface area contributed by atoms with Crippen molar-refractivity contribution in [3.8, 4) is 0 Å². The van der Waals surface area contributed by atoms with Crippen LogP contribution in [0, 0.1) is 11.6 Å². The largest absolute Gasteiger partial charge is 0.377 e. The smallest absolute Gasteiger partial charge is 0.139 e. The Morgan fingerprint density at radius 2 is 1.28 bits per heavy atom. The van der Waals surface area contributed by atoms with Gasteiger partial charge in [-0.15, -0.1) is 0 Å². The SMILES string of the molecule is C=CC(O)(c1ccccc1F)c1ccccc1F. The molecule has 0 aliphatic heterocycles. The predicted molar refractivity (Wildman–Crippen MR) is 66.0 cm³/mol. The van der Waals surface area contributed by atoms with Gasteiger partial charge in [-0.2, -0.15) is 0 Å². The van der Waals surface area contributed by atoms with Gasteiger partial charge in [-0.3, -0.25) is 0 Å². The van der Waals surface area contributed by atoms with E-state index in [0.29, 0.717) is 0 Å². The number of aliphatic hydroxyl groups is 1. The molecular weight excluding hydrogens is 234 g/mol. The van der Waals surface area contributed by atoms with Gasteiger partial charge in [0.2, 0.25) is 0 Å². The van der Waals surface area contributed by atoms with E-state index in [4.69, 9.17) is 0 Å². The van der Waals surface area contributed by atoms with E-state index in [1.165, 1.54) is 36.4 Å². The lowest BCUT2D eigenvalue weighted by Gasteiger charge is -2.26. The molecule has 2 aromatic rings. The maximum absolute atomic E-state index is 13.8. The first-order chi connectivity index (χ1) is 8.59. The zero-order chi connectivity index (χ0) is 13.2. The van der Waals surface area contributed by atoms with E-state index < -0.39 is 17.2 Å². The quantitative estimate of drug-likeness (QED) is 0.823. The first kappa shape index (κ1) is 12.5. The molecule has 0 amide bonds. The molecule has 0 aliphatic rings. The van der Waals surface area contributed by atoms with E-state index in [1.807, 2.05) is 0 Å². The third kappa shape index (κ3) is 1.93. The zero-order valence-electron chi connectivity index (χ0n) is 9.61. The first-order valence-corrected chi connectivity index (χ1v) is 5.45. The molecule has 1 nitrogen and oxygen atoms in total. The molecule has 0 aliphatic carbocycles. The van der Waals surface area contributed by atoms with Gasteiger partial charge in [0.15, 0.2) is 0 Å². The highest BCUT2D eigenvalue weighted by Gasteiger charge is 2.33. The summed E-state index contributed by atoms with van der Waals surface area (Å²) in [5.41, 5.74) is -1.92. The van der Waals surface area contributed by atoms with Crippen LogP contribution in [-0.4, -0.2) is 5.11 Å². The summed E-state index contributed by atoms with van der Waals surface area (Å²) in [7, 11) is 0. The molecule has 0 atom stereocenters. The molecule has 0 fully saturated rings. The molecule has 0 aromatic heterocycles. The number of hydrogen-bond donors (Lipinski definition) is 1. The summed E-state index contributed by atoms with van der Waals surface area (Å²) in [6, 6.07) is 11.4. The lowest BCUT2D eigenvalue weighted by atomic mass is 9.86. The molecule has 1 N–H and O–H groups in total. The summed E-state index contributed by atoms with van der Waals surface area (Å²) in [5.74, 6) is -1.22. The Morgan fingerprint density at radius 1 is 0.889 bits per heavy atom. The fraction of sp³-hybridized carbons (Fsp3) is 0.0667. The van der Waals surface area contributed by atoms with Crippen molar-refractivity contribution in [1.29, 1.82) is 0 Å². The minimum Gasteiger partial charge on any atom is -0.377 e. The standard InChI is InChI=1S/C15H12F2O/c1-2-15(18,11-7-3-5-9-13(11)16)12-8-4-6-10-14(12)17/h2-10,18H,1H2. The maximum atomic E-state index is 13.8. The molecule has 0 radical (unpaired) electrons. The molecule has 0 heterocycles.